The van der Waals surface area contributed by atoms with Crippen LogP contribution in [0.5, 0.6) is 0 Å². The third kappa shape index (κ3) is 28.6. The molecule has 4 nitrogen and oxygen atoms in total. The van der Waals surface area contributed by atoms with Crippen LogP contribution in [-0.4, -0.2) is 19.6 Å². The van der Waals surface area contributed by atoms with Crippen molar-refractivity contribution in [3.05, 3.63) is 12.2 Å². The first-order valence-corrected chi connectivity index (χ1v) is 14.1. The summed E-state index contributed by atoms with van der Waals surface area (Å²) >= 11 is 0. The van der Waals surface area contributed by atoms with E-state index in [1.54, 1.807) is 0 Å². The predicted molar refractivity (Wildman–Crippen MR) is 127 cm³/mol. The van der Waals surface area contributed by atoms with Crippen molar-refractivity contribution < 1.29 is 46.7 Å². The van der Waals surface area contributed by atoms with E-state index in [4.69, 9.17) is 0 Å². The largest absolute Gasteiger partial charge is 1.00 e. The van der Waals surface area contributed by atoms with Gasteiger partial charge in [0.1, 0.15) is 0 Å². The van der Waals surface area contributed by atoms with Crippen molar-refractivity contribution in [2.24, 2.45) is 5.92 Å². The van der Waals surface area contributed by atoms with Gasteiger partial charge in [0, 0.05) is 5.92 Å². The Morgan fingerprint density at radius 1 is 0.710 bits per heavy atom. The Morgan fingerprint density at radius 3 is 1.58 bits per heavy atom. The molecule has 0 bridgehead atoms. The average molecular weight is 469 g/mol. The minimum atomic E-state index is -4.61. The summed E-state index contributed by atoms with van der Waals surface area (Å²) in [5.41, 5.74) is 0. The summed E-state index contributed by atoms with van der Waals surface area (Å²) in [4.78, 5) is 0. The van der Waals surface area contributed by atoms with Gasteiger partial charge in [0.25, 0.3) is 0 Å². The second-order valence-electron chi connectivity index (χ2n) is 8.76. The van der Waals surface area contributed by atoms with Crippen LogP contribution in [-0.2, 0) is 14.6 Å². The SMILES string of the molecule is CCCCCCCCC/C=C/C(CCCCCCCCCCCC)COS(=O)(=O)[O-].[Na+]. The van der Waals surface area contributed by atoms with Gasteiger partial charge in [-0.25, -0.2) is 8.42 Å². The van der Waals surface area contributed by atoms with E-state index < -0.39 is 10.4 Å². The van der Waals surface area contributed by atoms with E-state index in [1.165, 1.54) is 103 Å². The van der Waals surface area contributed by atoms with Gasteiger partial charge in [-0.3, -0.25) is 4.18 Å². The third-order valence-electron chi connectivity index (χ3n) is 5.74. The Kier molecular flexibility index (Phi) is 27.5. The Labute approximate surface area is 216 Å². The predicted octanol–water partition coefficient (Wildman–Crippen LogP) is 5.09. The molecule has 180 valence electrons. The van der Waals surface area contributed by atoms with Crippen LogP contribution in [0.2, 0.25) is 0 Å². The summed E-state index contributed by atoms with van der Waals surface area (Å²) in [6.07, 6.45) is 27.9. The minimum absolute atomic E-state index is 0. The second kappa shape index (κ2) is 25.2. The summed E-state index contributed by atoms with van der Waals surface area (Å²) in [6, 6.07) is 0. The standard InChI is InChI=1S/C25H50O4S.Na/c1-3-5-7-9-11-13-15-17-19-21-23-25(24-29-30(26,27)28)22-20-18-16-14-12-10-8-6-4-2;/h20,22,25H,3-19,21,23-24H2,1-2H3,(H,26,27,28);/q;+1/p-1/b22-20+;. The Hall–Kier alpha value is 0.610. The molecular formula is C25H49NaO4S. The van der Waals surface area contributed by atoms with Crippen LogP contribution in [0.25, 0.3) is 0 Å². The van der Waals surface area contributed by atoms with Crippen molar-refractivity contribution in [2.45, 2.75) is 136 Å². The first-order valence-electron chi connectivity index (χ1n) is 12.8. The topological polar surface area (TPSA) is 66.4 Å². The molecular weight excluding hydrogens is 419 g/mol. The number of hydrogen-bond donors (Lipinski definition) is 0. The molecule has 0 spiro atoms. The van der Waals surface area contributed by atoms with Crippen LogP contribution in [0.4, 0.5) is 0 Å². The minimum Gasteiger partial charge on any atom is -0.726 e. The van der Waals surface area contributed by atoms with Crippen molar-refractivity contribution >= 4 is 10.4 Å². The smallest absolute Gasteiger partial charge is 0.726 e. The zero-order chi connectivity index (χ0) is 22.3. The molecule has 0 aromatic heterocycles. The first-order chi connectivity index (χ1) is 14.5. The summed E-state index contributed by atoms with van der Waals surface area (Å²) in [5.74, 6) is 0.0207. The van der Waals surface area contributed by atoms with Crippen LogP contribution in [0.1, 0.15) is 136 Å². The zero-order valence-corrected chi connectivity index (χ0v) is 23.7. The molecule has 0 heterocycles. The van der Waals surface area contributed by atoms with Gasteiger partial charge in [0.15, 0.2) is 0 Å². The summed E-state index contributed by atoms with van der Waals surface area (Å²) in [5, 5.41) is 0. The number of rotatable bonds is 23. The molecule has 0 aliphatic heterocycles. The molecule has 0 fully saturated rings. The van der Waals surface area contributed by atoms with Crippen LogP contribution >= 0.6 is 0 Å². The van der Waals surface area contributed by atoms with Crippen molar-refractivity contribution in [1.29, 1.82) is 0 Å². The molecule has 0 rings (SSSR count). The molecule has 1 unspecified atom stereocenters. The molecule has 0 aromatic rings. The zero-order valence-electron chi connectivity index (χ0n) is 20.9. The van der Waals surface area contributed by atoms with Crippen LogP contribution in [0, 0.1) is 5.92 Å². The number of allylic oxidation sites excluding steroid dienone is 1. The summed E-state index contributed by atoms with van der Waals surface area (Å²) in [6.45, 7) is 4.46. The fourth-order valence-corrected chi connectivity index (χ4v) is 4.15. The van der Waals surface area contributed by atoms with E-state index in [9.17, 15) is 13.0 Å². The monoisotopic (exact) mass is 468 g/mol. The Balaban J connectivity index is 0. The van der Waals surface area contributed by atoms with Gasteiger partial charge in [0.05, 0.1) is 6.61 Å². The number of hydrogen-bond acceptors (Lipinski definition) is 4. The van der Waals surface area contributed by atoms with Crippen molar-refractivity contribution in [3.63, 3.8) is 0 Å². The molecule has 0 aromatic carbocycles. The van der Waals surface area contributed by atoms with E-state index in [-0.39, 0.29) is 42.1 Å². The third-order valence-corrected chi connectivity index (χ3v) is 6.16. The van der Waals surface area contributed by atoms with E-state index in [2.05, 4.69) is 30.2 Å². The van der Waals surface area contributed by atoms with E-state index >= 15 is 0 Å². The number of unbranched alkanes of at least 4 members (excludes halogenated alkanes) is 16. The normalized spacial score (nSPS) is 12.9. The Morgan fingerprint density at radius 2 is 1.13 bits per heavy atom. The van der Waals surface area contributed by atoms with Crippen molar-refractivity contribution in [1.82, 2.24) is 0 Å². The molecule has 1 atom stereocenters. The molecule has 0 aliphatic rings. The van der Waals surface area contributed by atoms with Gasteiger partial charge in [-0.15, -0.1) is 0 Å². The maximum Gasteiger partial charge on any atom is 1.00 e. The Bertz CT molecular complexity index is 480. The van der Waals surface area contributed by atoms with E-state index in [0.29, 0.717) is 0 Å². The van der Waals surface area contributed by atoms with Gasteiger partial charge in [-0.1, -0.05) is 129 Å². The van der Waals surface area contributed by atoms with Gasteiger partial charge in [-0.2, -0.15) is 0 Å². The van der Waals surface area contributed by atoms with Gasteiger partial charge >= 0.3 is 29.6 Å². The second-order valence-corrected chi connectivity index (χ2v) is 9.81. The molecule has 0 amide bonds. The average Bonchev–Trinajstić information content (AvgIpc) is 2.70. The van der Waals surface area contributed by atoms with Crippen molar-refractivity contribution in [2.75, 3.05) is 6.61 Å². The maximum absolute atomic E-state index is 10.8. The fraction of sp³-hybridized carbons (Fsp3) is 0.920. The molecule has 0 saturated carbocycles. The molecule has 31 heavy (non-hydrogen) atoms. The molecule has 6 heteroatoms. The molecule has 0 radical (unpaired) electrons. The van der Waals surface area contributed by atoms with Crippen LogP contribution in [0.3, 0.4) is 0 Å². The van der Waals surface area contributed by atoms with E-state index in [1.807, 2.05) is 0 Å². The fourth-order valence-electron chi connectivity index (χ4n) is 3.81. The summed E-state index contributed by atoms with van der Waals surface area (Å²) in [7, 11) is -4.61. The first kappa shape index (κ1) is 33.8. The molecule has 0 saturated heterocycles. The van der Waals surface area contributed by atoms with Crippen molar-refractivity contribution in [3.8, 4) is 0 Å². The van der Waals surface area contributed by atoms with Crippen LogP contribution in [0.15, 0.2) is 12.2 Å². The molecule has 0 aliphatic carbocycles. The maximum atomic E-state index is 10.8. The molecule has 0 N–H and O–H groups in total. The van der Waals surface area contributed by atoms with E-state index in [0.717, 1.165) is 19.3 Å². The van der Waals surface area contributed by atoms with Gasteiger partial charge in [-0.05, 0) is 19.3 Å². The quantitative estimate of drug-likeness (QED) is 0.0689. The van der Waals surface area contributed by atoms with Gasteiger partial charge in [0.2, 0.25) is 10.4 Å². The summed E-state index contributed by atoms with van der Waals surface area (Å²) < 4.78 is 36.9. The van der Waals surface area contributed by atoms with Crippen LogP contribution < -0.4 is 29.6 Å². The van der Waals surface area contributed by atoms with Gasteiger partial charge < -0.3 is 4.55 Å².